The van der Waals surface area contributed by atoms with Crippen molar-refractivity contribution in [1.29, 1.82) is 0 Å². The Kier molecular flexibility index (Phi) is 9.24. The van der Waals surface area contributed by atoms with E-state index in [0.717, 1.165) is 32.9 Å². The van der Waals surface area contributed by atoms with Crippen LogP contribution in [0.4, 0.5) is 5.69 Å². The van der Waals surface area contributed by atoms with Crippen LogP contribution in [0.15, 0.2) is 98.5 Å². The molecule has 0 radical (unpaired) electrons. The molecule has 240 valence electrons. The smallest absolute Gasteiger partial charge is 0.338 e. The number of esters is 1. The van der Waals surface area contributed by atoms with E-state index in [0.29, 0.717) is 44.9 Å². The first-order valence-corrected chi connectivity index (χ1v) is 16.7. The highest BCUT2D eigenvalue weighted by Gasteiger charge is 2.36. The Labute approximate surface area is 282 Å². The van der Waals surface area contributed by atoms with Gasteiger partial charge in [0.15, 0.2) is 4.80 Å². The SMILES string of the molecule is CCCC1=C(C(=O)OCC)[C@H](c2cc(Br)ccc2OC)n2c(s/c(=C/c3cn(Cc4ccc([N+](=O)[O-])cc4)c4ccccc34)c2=O)=N1. The van der Waals surface area contributed by atoms with Crippen LogP contribution in [0, 0.1) is 10.1 Å². The molecule has 10 nitrogen and oxygen atoms in total. The molecular weight excluding hydrogens is 684 g/mol. The molecule has 0 aliphatic carbocycles. The predicted octanol–water partition coefficient (Wildman–Crippen LogP) is 6.26. The maximum atomic E-state index is 14.4. The molecule has 0 fully saturated rings. The summed E-state index contributed by atoms with van der Waals surface area (Å²) in [5, 5.41) is 12.1. The minimum absolute atomic E-state index is 0.0363. The molecule has 3 aromatic carbocycles. The molecule has 0 N–H and O–H groups in total. The number of methoxy groups -OCH3 is 1. The fourth-order valence-electron chi connectivity index (χ4n) is 5.92. The maximum Gasteiger partial charge on any atom is 0.338 e. The normalized spacial score (nSPS) is 14.6. The number of hydrogen-bond acceptors (Lipinski definition) is 8. The van der Waals surface area contributed by atoms with Gasteiger partial charge in [-0.1, -0.05) is 70.9 Å². The lowest BCUT2D eigenvalue weighted by molar-refractivity contribution is -0.384. The highest BCUT2D eigenvalue weighted by molar-refractivity contribution is 9.10. The van der Waals surface area contributed by atoms with E-state index in [1.165, 1.54) is 23.5 Å². The fraction of sp³-hybridized carbons (Fsp3) is 0.229. The van der Waals surface area contributed by atoms with Gasteiger partial charge in [-0.15, -0.1) is 0 Å². The van der Waals surface area contributed by atoms with Crippen LogP contribution in [0.2, 0.25) is 0 Å². The summed E-state index contributed by atoms with van der Waals surface area (Å²) in [6, 6.07) is 19.1. The minimum atomic E-state index is -0.815. The van der Waals surface area contributed by atoms with Crippen LogP contribution in [0.1, 0.15) is 49.4 Å². The quantitative estimate of drug-likeness (QED) is 0.0958. The number of allylic oxidation sites excluding steroid dienone is 1. The summed E-state index contributed by atoms with van der Waals surface area (Å²) < 4.78 is 16.1. The Hall–Kier alpha value is -4.81. The number of hydrogen-bond donors (Lipinski definition) is 0. The van der Waals surface area contributed by atoms with Gasteiger partial charge >= 0.3 is 5.97 Å². The fourth-order valence-corrected chi connectivity index (χ4v) is 7.31. The van der Waals surface area contributed by atoms with Crippen molar-refractivity contribution in [1.82, 2.24) is 9.13 Å². The zero-order valence-corrected chi connectivity index (χ0v) is 28.3. The molecule has 0 unspecified atom stereocenters. The van der Waals surface area contributed by atoms with Gasteiger partial charge in [0.2, 0.25) is 0 Å². The maximum absolute atomic E-state index is 14.4. The summed E-state index contributed by atoms with van der Waals surface area (Å²) in [4.78, 5) is 44.0. The number of fused-ring (bicyclic) bond motifs is 2. The number of para-hydroxylation sites is 1. The summed E-state index contributed by atoms with van der Waals surface area (Å²) in [5.41, 5.74) is 3.99. The number of nitro benzene ring substituents is 1. The second kappa shape index (κ2) is 13.5. The van der Waals surface area contributed by atoms with Gasteiger partial charge in [0.25, 0.3) is 11.2 Å². The van der Waals surface area contributed by atoms with Gasteiger partial charge in [-0.25, -0.2) is 9.79 Å². The number of rotatable bonds is 10. The molecule has 6 rings (SSSR count). The molecule has 47 heavy (non-hydrogen) atoms. The number of halogens is 1. The number of carbonyl (C=O) groups excluding carboxylic acids is 1. The third kappa shape index (κ3) is 6.18. The summed E-state index contributed by atoms with van der Waals surface area (Å²) >= 11 is 4.83. The zero-order valence-electron chi connectivity index (χ0n) is 25.9. The van der Waals surface area contributed by atoms with Crippen molar-refractivity contribution in [2.24, 2.45) is 4.99 Å². The first-order chi connectivity index (χ1) is 22.7. The average molecular weight is 716 g/mol. The minimum Gasteiger partial charge on any atom is -0.496 e. The van der Waals surface area contributed by atoms with E-state index in [1.807, 2.05) is 55.6 Å². The highest BCUT2D eigenvalue weighted by atomic mass is 79.9. The highest BCUT2D eigenvalue weighted by Crippen LogP contribution is 2.38. The molecule has 12 heteroatoms. The molecule has 0 spiro atoms. The Bertz CT molecular complexity index is 2230. The van der Waals surface area contributed by atoms with Gasteiger partial charge in [-0.3, -0.25) is 19.5 Å². The van der Waals surface area contributed by atoms with E-state index in [-0.39, 0.29) is 17.9 Å². The molecule has 0 saturated heterocycles. The molecule has 5 aromatic rings. The third-order valence-electron chi connectivity index (χ3n) is 7.98. The molecule has 0 amide bonds. The van der Waals surface area contributed by atoms with Crippen molar-refractivity contribution in [3.8, 4) is 5.75 Å². The molecular formula is C35H31BrN4O6S. The molecule has 2 aromatic heterocycles. The van der Waals surface area contributed by atoms with Crippen molar-refractivity contribution in [3.63, 3.8) is 0 Å². The van der Waals surface area contributed by atoms with Crippen LogP contribution in [0.25, 0.3) is 17.0 Å². The van der Waals surface area contributed by atoms with E-state index in [4.69, 9.17) is 14.5 Å². The Balaban J connectivity index is 1.54. The number of carbonyl (C=O) groups is 1. The van der Waals surface area contributed by atoms with Gasteiger partial charge in [-0.05, 0) is 49.2 Å². The predicted molar refractivity (Wildman–Crippen MR) is 184 cm³/mol. The van der Waals surface area contributed by atoms with E-state index in [2.05, 4.69) is 20.5 Å². The van der Waals surface area contributed by atoms with Crippen molar-refractivity contribution >= 4 is 55.9 Å². The van der Waals surface area contributed by atoms with Crippen LogP contribution in [-0.4, -0.2) is 33.7 Å². The average Bonchev–Trinajstić information content (AvgIpc) is 3.56. The summed E-state index contributed by atoms with van der Waals surface area (Å²) in [5.74, 6) is 0.0111. The summed E-state index contributed by atoms with van der Waals surface area (Å²) in [6.07, 6.45) is 5.11. The number of thiazole rings is 1. The zero-order chi connectivity index (χ0) is 33.2. The van der Waals surface area contributed by atoms with E-state index in [1.54, 1.807) is 36.8 Å². The van der Waals surface area contributed by atoms with Gasteiger partial charge in [0, 0.05) is 51.4 Å². The topological polar surface area (TPSA) is 118 Å². The van der Waals surface area contributed by atoms with Crippen molar-refractivity contribution in [2.75, 3.05) is 13.7 Å². The second-order valence-corrected chi connectivity index (χ2v) is 12.9. The van der Waals surface area contributed by atoms with E-state index < -0.39 is 16.9 Å². The second-order valence-electron chi connectivity index (χ2n) is 11.0. The molecule has 1 aliphatic rings. The number of nitro groups is 1. The van der Waals surface area contributed by atoms with E-state index in [9.17, 15) is 19.7 Å². The Morgan fingerprint density at radius 2 is 1.89 bits per heavy atom. The van der Waals surface area contributed by atoms with Gasteiger partial charge < -0.3 is 14.0 Å². The van der Waals surface area contributed by atoms with Crippen LogP contribution in [-0.2, 0) is 16.1 Å². The first kappa shape index (κ1) is 32.1. The molecule has 0 bridgehead atoms. The third-order valence-corrected chi connectivity index (χ3v) is 9.46. The van der Waals surface area contributed by atoms with Gasteiger partial charge in [-0.2, -0.15) is 0 Å². The van der Waals surface area contributed by atoms with Gasteiger partial charge in [0.05, 0.1) is 34.4 Å². The van der Waals surface area contributed by atoms with Crippen LogP contribution in [0.3, 0.4) is 0 Å². The van der Waals surface area contributed by atoms with Crippen LogP contribution < -0.4 is 19.6 Å². The standard InChI is InChI=1S/C35H31BrN4O6S/c1-4-8-27-31(34(42)46-5-2)32(26-18-23(36)13-16-29(26)45-3)39-33(41)30(47-35(39)37-27)17-22-20-38(28-10-7-6-9-25(22)28)19-21-11-14-24(15-12-21)40(43)44/h6-7,9-18,20,32H,4-5,8,19H2,1-3H3/b30-17+/t32-/m0/s1. The number of nitrogens with zero attached hydrogens (tertiary/aromatic N) is 4. The van der Waals surface area contributed by atoms with Crippen molar-refractivity contribution in [3.05, 3.63) is 135 Å². The van der Waals surface area contributed by atoms with Crippen LogP contribution in [0.5, 0.6) is 5.75 Å². The molecule has 0 saturated carbocycles. The number of non-ortho nitro benzene ring substituents is 1. The lowest BCUT2D eigenvalue weighted by Crippen LogP contribution is -2.40. The first-order valence-electron chi connectivity index (χ1n) is 15.1. The molecule has 1 aliphatic heterocycles. The van der Waals surface area contributed by atoms with Crippen molar-refractivity contribution < 1.29 is 19.2 Å². The summed E-state index contributed by atoms with van der Waals surface area (Å²) in [6.45, 7) is 4.43. The lowest BCUT2D eigenvalue weighted by Gasteiger charge is -2.27. The largest absolute Gasteiger partial charge is 0.496 e. The summed E-state index contributed by atoms with van der Waals surface area (Å²) in [7, 11) is 1.56. The monoisotopic (exact) mass is 714 g/mol. The molecule has 3 heterocycles. The van der Waals surface area contributed by atoms with Crippen LogP contribution >= 0.6 is 27.3 Å². The number of ether oxygens (including phenoxy) is 2. The van der Waals surface area contributed by atoms with Crippen molar-refractivity contribution in [2.45, 2.75) is 39.3 Å². The molecule has 1 atom stereocenters. The number of aromatic nitrogens is 2. The number of benzene rings is 3. The van der Waals surface area contributed by atoms with E-state index >= 15 is 0 Å². The Morgan fingerprint density at radius 1 is 1.13 bits per heavy atom. The Morgan fingerprint density at radius 3 is 2.60 bits per heavy atom. The lowest BCUT2D eigenvalue weighted by atomic mass is 9.93. The van der Waals surface area contributed by atoms with Gasteiger partial charge in [0.1, 0.15) is 11.8 Å².